The number of nitrogens with one attached hydrogen (secondary N) is 1. The Morgan fingerprint density at radius 1 is 1.19 bits per heavy atom. The van der Waals surface area contributed by atoms with Gasteiger partial charge in [-0.05, 0) is 64.5 Å². The van der Waals surface area contributed by atoms with E-state index in [1.54, 1.807) is 30.0 Å². The Kier molecular flexibility index (Phi) is 9.81. The van der Waals surface area contributed by atoms with Crippen molar-refractivity contribution in [3.8, 4) is 0 Å². The van der Waals surface area contributed by atoms with E-state index in [1.807, 2.05) is 6.92 Å². The van der Waals surface area contributed by atoms with Crippen LogP contribution in [0.5, 0.6) is 0 Å². The number of amides is 2. The fourth-order valence-electron chi connectivity index (χ4n) is 3.31. The van der Waals surface area contributed by atoms with Crippen molar-refractivity contribution in [1.82, 2.24) is 15.0 Å². The van der Waals surface area contributed by atoms with Crippen molar-refractivity contribution in [3.63, 3.8) is 0 Å². The molecule has 1 heterocycles. The zero-order valence-electron chi connectivity index (χ0n) is 18.5. The van der Waals surface area contributed by atoms with Gasteiger partial charge in [0.25, 0.3) is 5.91 Å². The molecular weight excluding hydrogens is 439 g/mol. The maximum absolute atomic E-state index is 13.3. The number of nitrogens with zero attached hydrogens (tertiary/aromatic N) is 3. The second-order valence-electron chi connectivity index (χ2n) is 7.45. The predicted octanol–water partition coefficient (Wildman–Crippen LogP) is 4.88. The third-order valence-electron chi connectivity index (χ3n) is 5.15. The Balaban J connectivity index is 2.14. The number of aromatic nitrogens is 1. The van der Waals surface area contributed by atoms with E-state index in [2.05, 4.69) is 29.2 Å². The summed E-state index contributed by atoms with van der Waals surface area (Å²) in [5.41, 5.74) is 0.312. The van der Waals surface area contributed by atoms with Gasteiger partial charge in [0.2, 0.25) is 5.91 Å². The standard InChI is InChI=1S/C22H30Cl2N4O3/c1-5-27(6-2)11-7-8-15(3)28(14-21(29)25-20-12-16(4)31-26-20)22(30)18-10-9-17(23)13-19(18)24/h9-10,12-13,15H,5-8,11,14H2,1-4H3,(H,25,26,29). The van der Waals surface area contributed by atoms with Crippen LogP contribution in [0.15, 0.2) is 28.8 Å². The number of carbonyl (C=O) groups is 2. The van der Waals surface area contributed by atoms with Crippen LogP contribution in [0.3, 0.4) is 0 Å². The SMILES string of the molecule is CCN(CC)CCCC(C)N(CC(=O)Nc1cc(C)on1)C(=O)c1ccc(Cl)cc1Cl. The van der Waals surface area contributed by atoms with E-state index >= 15 is 0 Å². The van der Waals surface area contributed by atoms with Gasteiger partial charge in [-0.1, -0.05) is 42.2 Å². The van der Waals surface area contributed by atoms with Crippen molar-refractivity contribution >= 4 is 40.8 Å². The van der Waals surface area contributed by atoms with Crippen LogP contribution in [-0.4, -0.2) is 59.0 Å². The summed E-state index contributed by atoms with van der Waals surface area (Å²) in [6, 6.07) is 6.18. The summed E-state index contributed by atoms with van der Waals surface area (Å²) in [6.45, 7) is 10.7. The first kappa shape index (κ1) is 25.2. The number of aryl methyl sites for hydroxylation is 1. The maximum Gasteiger partial charge on any atom is 0.256 e. The average Bonchev–Trinajstić information content (AvgIpc) is 3.13. The minimum Gasteiger partial charge on any atom is -0.360 e. The highest BCUT2D eigenvalue weighted by Crippen LogP contribution is 2.24. The smallest absolute Gasteiger partial charge is 0.256 e. The maximum atomic E-state index is 13.3. The van der Waals surface area contributed by atoms with Crippen molar-refractivity contribution < 1.29 is 14.1 Å². The van der Waals surface area contributed by atoms with Crippen molar-refractivity contribution in [2.45, 2.75) is 46.6 Å². The Labute approximate surface area is 193 Å². The van der Waals surface area contributed by atoms with E-state index in [4.69, 9.17) is 27.7 Å². The first-order chi connectivity index (χ1) is 14.7. The van der Waals surface area contributed by atoms with Crippen molar-refractivity contribution in [3.05, 3.63) is 45.6 Å². The molecule has 9 heteroatoms. The third kappa shape index (κ3) is 7.52. The molecule has 0 saturated carbocycles. The van der Waals surface area contributed by atoms with E-state index in [9.17, 15) is 9.59 Å². The molecule has 2 rings (SSSR count). The number of halogens is 2. The van der Waals surface area contributed by atoms with Crippen LogP contribution >= 0.6 is 23.2 Å². The second kappa shape index (κ2) is 12.1. The first-order valence-corrected chi connectivity index (χ1v) is 11.2. The van der Waals surface area contributed by atoms with Crippen LogP contribution in [0.1, 0.15) is 49.7 Å². The summed E-state index contributed by atoms with van der Waals surface area (Å²) >= 11 is 12.2. The first-order valence-electron chi connectivity index (χ1n) is 10.5. The van der Waals surface area contributed by atoms with E-state index in [0.717, 1.165) is 32.5 Å². The van der Waals surface area contributed by atoms with E-state index in [1.165, 1.54) is 6.07 Å². The molecule has 31 heavy (non-hydrogen) atoms. The summed E-state index contributed by atoms with van der Waals surface area (Å²) in [7, 11) is 0. The van der Waals surface area contributed by atoms with Crippen LogP contribution < -0.4 is 5.32 Å². The van der Waals surface area contributed by atoms with Crippen molar-refractivity contribution in [1.29, 1.82) is 0 Å². The number of carbonyl (C=O) groups excluding carboxylic acids is 2. The van der Waals surface area contributed by atoms with Gasteiger partial charge in [-0.25, -0.2) is 0 Å². The predicted molar refractivity (Wildman–Crippen MR) is 124 cm³/mol. The van der Waals surface area contributed by atoms with Crippen molar-refractivity contribution in [2.75, 3.05) is 31.5 Å². The van der Waals surface area contributed by atoms with Crippen LogP contribution in [0.4, 0.5) is 5.82 Å². The minimum atomic E-state index is -0.359. The summed E-state index contributed by atoms with van der Waals surface area (Å²) in [5, 5.41) is 7.14. The number of anilines is 1. The average molecular weight is 469 g/mol. The fraction of sp³-hybridized carbons (Fsp3) is 0.500. The van der Waals surface area contributed by atoms with Gasteiger partial charge < -0.3 is 19.6 Å². The molecule has 2 aromatic rings. The normalized spacial score (nSPS) is 12.1. The monoisotopic (exact) mass is 468 g/mol. The molecule has 2 amide bonds. The summed E-state index contributed by atoms with van der Waals surface area (Å²) in [6.07, 6.45) is 1.66. The van der Waals surface area contributed by atoms with E-state index < -0.39 is 0 Å². The molecule has 1 atom stereocenters. The molecule has 0 fully saturated rings. The number of hydrogen-bond donors (Lipinski definition) is 1. The molecule has 0 aliphatic carbocycles. The van der Waals surface area contributed by atoms with Crippen molar-refractivity contribution in [2.24, 2.45) is 0 Å². The summed E-state index contributed by atoms with van der Waals surface area (Å²) in [5.74, 6) is 0.223. The van der Waals surface area contributed by atoms with Gasteiger partial charge in [0, 0.05) is 17.1 Å². The Morgan fingerprint density at radius 2 is 1.90 bits per heavy atom. The van der Waals surface area contributed by atoms with Crippen LogP contribution in [0.25, 0.3) is 0 Å². The summed E-state index contributed by atoms with van der Waals surface area (Å²) < 4.78 is 4.98. The quantitative estimate of drug-likeness (QED) is 0.508. The van der Waals surface area contributed by atoms with Gasteiger partial charge in [-0.15, -0.1) is 0 Å². The molecule has 0 spiro atoms. The molecule has 0 bridgehead atoms. The molecule has 1 unspecified atom stereocenters. The zero-order valence-corrected chi connectivity index (χ0v) is 20.0. The molecule has 0 radical (unpaired) electrons. The van der Waals surface area contributed by atoms with E-state index in [-0.39, 0.29) is 29.4 Å². The molecule has 1 aromatic heterocycles. The lowest BCUT2D eigenvalue weighted by Gasteiger charge is -2.30. The van der Waals surface area contributed by atoms with Gasteiger partial charge in [0.15, 0.2) is 5.82 Å². The molecule has 0 aliphatic heterocycles. The highest BCUT2D eigenvalue weighted by atomic mass is 35.5. The third-order valence-corrected chi connectivity index (χ3v) is 5.70. The lowest BCUT2D eigenvalue weighted by atomic mass is 10.1. The van der Waals surface area contributed by atoms with Gasteiger partial charge >= 0.3 is 0 Å². The van der Waals surface area contributed by atoms with Gasteiger partial charge in [0.1, 0.15) is 12.3 Å². The second-order valence-corrected chi connectivity index (χ2v) is 8.29. The number of benzene rings is 1. The molecule has 0 aliphatic rings. The Bertz CT molecular complexity index is 883. The highest BCUT2D eigenvalue weighted by molar-refractivity contribution is 6.36. The van der Waals surface area contributed by atoms with Crippen LogP contribution in [-0.2, 0) is 4.79 Å². The Morgan fingerprint density at radius 3 is 2.48 bits per heavy atom. The van der Waals surface area contributed by atoms with Gasteiger partial charge in [0.05, 0.1) is 10.6 Å². The molecule has 0 saturated heterocycles. The molecule has 7 nitrogen and oxygen atoms in total. The molecule has 1 N–H and O–H groups in total. The largest absolute Gasteiger partial charge is 0.360 e. The van der Waals surface area contributed by atoms with Gasteiger partial charge in [-0.2, -0.15) is 0 Å². The fourth-order valence-corrected chi connectivity index (χ4v) is 3.80. The van der Waals surface area contributed by atoms with E-state index in [0.29, 0.717) is 22.2 Å². The molecule has 170 valence electrons. The zero-order chi connectivity index (χ0) is 23.0. The summed E-state index contributed by atoms with van der Waals surface area (Å²) in [4.78, 5) is 29.8. The highest BCUT2D eigenvalue weighted by Gasteiger charge is 2.26. The van der Waals surface area contributed by atoms with Gasteiger partial charge in [-0.3, -0.25) is 9.59 Å². The van der Waals surface area contributed by atoms with Crippen LogP contribution in [0.2, 0.25) is 10.0 Å². The lowest BCUT2D eigenvalue weighted by Crippen LogP contribution is -2.44. The molecule has 1 aromatic carbocycles. The lowest BCUT2D eigenvalue weighted by molar-refractivity contribution is -0.117. The minimum absolute atomic E-state index is 0.129. The van der Waals surface area contributed by atoms with Crippen LogP contribution in [0, 0.1) is 6.92 Å². The molecular formula is C22H30Cl2N4O3. The number of rotatable bonds is 11. The number of hydrogen-bond acceptors (Lipinski definition) is 5. The topological polar surface area (TPSA) is 78.7 Å². The Hall–Kier alpha value is -2.09.